The Morgan fingerprint density at radius 2 is 1.55 bits per heavy atom. The van der Waals surface area contributed by atoms with Crippen LogP contribution in [0, 0.1) is 13.8 Å². The minimum atomic E-state index is 0.389. The molecule has 0 aliphatic heterocycles. The quantitative estimate of drug-likeness (QED) is 0.399. The third-order valence-electron chi connectivity index (χ3n) is 4.94. The van der Waals surface area contributed by atoms with Crippen molar-refractivity contribution in [1.82, 2.24) is 14.9 Å². The molecule has 1 heterocycles. The molecule has 0 atom stereocenters. The first-order valence-corrected chi connectivity index (χ1v) is 10.0. The molecule has 31 heavy (non-hydrogen) atoms. The maximum atomic E-state index is 6.02. The molecule has 0 N–H and O–H groups in total. The summed E-state index contributed by atoms with van der Waals surface area (Å²) in [5.41, 5.74) is 4.21. The van der Waals surface area contributed by atoms with Crippen molar-refractivity contribution in [2.75, 3.05) is 7.11 Å². The number of aromatic nitrogens is 3. The summed E-state index contributed by atoms with van der Waals surface area (Å²) in [5, 5.41) is 12.5. The summed E-state index contributed by atoms with van der Waals surface area (Å²) in [6.07, 6.45) is 1.78. The Bertz CT molecular complexity index is 1160. The largest absolute Gasteiger partial charge is 0.496 e. The van der Waals surface area contributed by atoms with Gasteiger partial charge < -0.3 is 9.47 Å². The fraction of sp³-hybridized carbons (Fsp3) is 0.160. The van der Waals surface area contributed by atoms with Gasteiger partial charge in [-0.25, -0.2) is 4.68 Å². The third-order valence-corrected chi connectivity index (χ3v) is 4.94. The van der Waals surface area contributed by atoms with Crippen molar-refractivity contribution in [2.24, 2.45) is 5.10 Å². The number of rotatable bonds is 7. The molecule has 0 fully saturated rings. The molecule has 6 nitrogen and oxygen atoms in total. The van der Waals surface area contributed by atoms with Gasteiger partial charge in [0.25, 0.3) is 0 Å². The maximum Gasteiger partial charge on any atom is 0.151 e. The highest BCUT2D eigenvalue weighted by atomic mass is 16.5. The van der Waals surface area contributed by atoms with Crippen LogP contribution in [0.1, 0.15) is 22.8 Å². The van der Waals surface area contributed by atoms with E-state index in [-0.39, 0.29) is 0 Å². The summed E-state index contributed by atoms with van der Waals surface area (Å²) >= 11 is 0. The SMILES string of the molecule is COc1ccc(/C=N\n2c(C)nnc2C)cc1COc1ccc(-c2ccccc2)cc1. The number of hydrogen-bond donors (Lipinski definition) is 0. The first-order chi connectivity index (χ1) is 15.1. The molecule has 0 radical (unpaired) electrons. The van der Waals surface area contributed by atoms with Gasteiger partial charge in [0.2, 0.25) is 0 Å². The lowest BCUT2D eigenvalue weighted by atomic mass is 10.1. The smallest absolute Gasteiger partial charge is 0.151 e. The Morgan fingerprint density at radius 1 is 0.871 bits per heavy atom. The Morgan fingerprint density at radius 3 is 2.23 bits per heavy atom. The monoisotopic (exact) mass is 412 g/mol. The summed E-state index contributed by atoms with van der Waals surface area (Å²) < 4.78 is 13.2. The van der Waals surface area contributed by atoms with Crippen LogP contribution in [0.2, 0.25) is 0 Å². The number of ether oxygens (including phenoxy) is 2. The van der Waals surface area contributed by atoms with E-state index in [9.17, 15) is 0 Å². The third kappa shape index (κ3) is 4.80. The Labute approximate surface area is 181 Å². The average Bonchev–Trinajstić information content (AvgIpc) is 3.14. The zero-order valence-electron chi connectivity index (χ0n) is 17.8. The van der Waals surface area contributed by atoms with Gasteiger partial charge in [-0.05, 0) is 60.9 Å². The van der Waals surface area contributed by atoms with E-state index in [2.05, 4.69) is 39.6 Å². The molecule has 0 aliphatic carbocycles. The van der Waals surface area contributed by atoms with Gasteiger partial charge in [-0.1, -0.05) is 42.5 Å². The van der Waals surface area contributed by atoms with E-state index in [0.29, 0.717) is 6.61 Å². The first-order valence-electron chi connectivity index (χ1n) is 10.0. The molecule has 1 aromatic heterocycles. The van der Waals surface area contributed by atoms with Crippen molar-refractivity contribution < 1.29 is 9.47 Å². The standard InChI is InChI=1S/C25H24N4O2/c1-18-27-28-19(2)29(18)26-16-20-9-14-25(30-3)23(15-20)17-31-24-12-10-22(11-13-24)21-7-5-4-6-8-21/h4-16H,17H2,1-3H3/b26-16-. The maximum absolute atomic E-state index is 6.02. The highest BCUT2D eigenvalue weighted by Crippen LogP contribution is 2.25. The van der Waals surface area contributed by atoms with Crippen LogP contribution in [0.15, 0.2) is 77.9 Å². The Balaban J connectivity index is 1.48. The van der Waals surface area contributed by atoms with Crippen LogP contribution in [-0.4, -0.2) is 28.2 Å². The average molecular weight is 412 g/mol. The summed E-state index contributed by atoms with van der Waals surface area (Å²) in [4.78, 5) is 0. The van der Waals surface area contributed by atoms with E-state index in [0.717, 1.165) is 39.8 Å². The fourth-order valence-corrected chi connectivity index (χ4v) is 3.28. The first kappa shape index (κ1) is 20.3. The lowest BCUT2D eigenvalue weighted by Crippen LogP contribution is -2.01. The second-order valence-electron chi connectivity index (χ2n) is 7.10. The van der Waals surface area contributed by atoms with Crippen LogP contribution < -0.4 is 9.47 Å². The molecule has 0 unspecified atom stereocenters. The van der Waals surface area contributed by atoms with E-state index in [1.807, 2.05) is 62.4 Å². The number of aryl methyl sites for hydroxylation is 2. The minimum absolute atomic E-state index is 0.389. The van der Waals surface area contributed by atoms with Gasteiger partial charge in [0.05, 0.1) is 13.3 Å². The topological polar surface area (TPSA) is 61.5 Å². The molecular formula is C25H24N4O2. The molecule has 156 valence electrons. The van der Waals surface area contributed by atoms with Crippen LogP contribution in [0.25, 0.3) is 11.1 Å². The number of hydrogen-bond acceptors (Lipinski definition) is 5. The van der Waals surface area contributed by atoms with Gasteiger partial charge in [0, 0.05) is 5.56 Å². The highest BCUT2D eigenvalue weighted by molar-refractivity contribution is 5.80. The lowest BCUT2D eigenvalue weighted by molar-refractivity contribution is 0.296. The van der Waals surface area contributed by atoms with Crippen molar-refractivity contribution in [3.05, 3.63) is 95.6 Å². The second kappa shape index (κ2) is 9.26. The summed E-state index contributed by atoms with van der Waals surface area (Å²) in [7, 11) is 1.66. The van der Waals surface area contributed by atoms with E-state index in [1.165, 1.54) is 5.56 Å². The zero-order chi connectivity index (χ0) is 21.6. The van der Waals surface area contributed by atoms with Crippen LogP contribution in [-0.2, 0) is 6.61 Å². The van der Waals surface area contributed by atoms with Crippen molar-refractivity contribution in [2.45, 2.75) is 20.5 Å². The highest BCUT2D eigenvalue weighted by Gasteiger charge is 2.07. The predicted molar refractivity (Wildman–Crippen MR) is 122 cm³/mol. The normalized spacial score (nSPS) is 11.1. The predicted octanol–water partition coefficient (Wildman–Crippen LogP) is 5.03. The van der Waals surface area contributed by atoms with Crippen LogP contribution >= 0.6 is 0 Å². The molecule has 0 spiro atoms. The van der Waals surface area contributed by atoms with Crippen LogP contribution in [0.3, 0.4) is 0 Å². The van der Waals surface area contributed by atoms with Crippen molar-refractivity contribution in [3.8, 4) is 22.6 Å². The molecule has 0 saturated carbocycles. The molecule has 3 aromatic carbocycles. The van der Waals surface area contributed by atoms with E-state index >= 15 is 0 Å². The van der Waals surface area contributed by atoms with E-state index in [1.54, 1.807) is 18.0 Å². The zero-order valence-corrected chi connectivity index (χ0v) is 17.8. The lowest BCUT2D eigenvalue weighted by Gasteiger charge is -2.12. The summed E-state index contributed by atoms with van der Waals surface area (Å²) in [5.74, 6) is 3.06. The second-order valence-corrected chi connectivity index (χ2v) is 7.10. The van der Waals surface area contributed by atoms with Gasteiger partial charge in [-0.15, -0.1) is 10.2 Å². The molecule has 4 aromatic rings. The number of benzene rings is 3. The minimum Gasteiger partial charge on any atom is -0.496 e. The van der Waals surface area contributed by atoms with Crippen molar-refractivity contribution >= 4 is 6.21 Å². The van der Waals surface area contributed by atoms with Crippen molar-refractivity contribution in [1.29, 1.82) is 0 Å². The summed E-state index contributed by atoms with van der Waals surface area (Å²) in [6.45, 7) is 4.13. The molecule has 0 bridgehead atoms. The number of methoxy groups -OCH3 is 1. The molecular weight excluding hydrogens is 388 g/mol. The summed E-state index contributed by atoms with van der Waals surface area (Å²) in [6, 6.07) is 24.3. The molecule has 0 aliphatic rings. The van der Waals surface area contributed by atoms with Gasteiger partial charge in [-0.3, -0.25) is 0 Å². The van der Waals surface area contributed by atoms with Crippen molar-refractivity contribution in [3.63, 3.8) is 0 Å². The van der Waals surface area contributed by atoms with Gasteiger partial charge in [-0.2, -0.15) is 5.10 Å². The van der Waals surface area contributed by atoms with Gasteiger partial charge in [0.15, 0.2) is 11.6 Å². The molecule has 0 amide bonds. The molecule has 6 heteroatoms. The Kier molecular flexibility index (Phi) is 6.08. The van der Waals surface area contributed by atoms with E-state index in [4.69, 9.17) is 9.47 Å². The van der Waals surface area contributed by atoms with Gasteiger partial charge in [0.1, 0.15) is 18.1 Å². The molecule has 0 saturated heterocycles. The van der Waals surface area contributed by atoms with Gasteiger partial charge >= 0.3 is 0 Å². The number of nitrogens with zero attached hydrogens (tertiary/aromatic N) is 4. The molecule has 4 rings (SSSR count). The Hall–Kier alpha value is -3.93. The van der Waals surface area contributed by atoms with Crippen LogP contribution in [0.4, 0.5) is 0 Å². The van der Waals surface area contributed by atoms with E-state index < -0.39 is 0 Å². The fourth-order valence-electron chi connectivity index (χ4n) is 3.28. The van der Waals surface area contributed by atoms with Crippen LogP contribution in [0.5, 0.6) is 11.5 Å².